The molecule has 0 aromatic heterocycles. The molecule has 2 rings (SSSR count). The molecule has 1 spiro atoms. The second kappa shape index (κ2) is 5.83. The number of hydrogen-bond donors (Lipinski definition) is 0. The van der Waals surface area contributed by atoms with Crippen molar-refractivity contribution in [1.29, 1.82) is 0 Å². The Kier molecular flexibility index (Phi) is 4.40. The van der Waals surface area contributed by atoms with Gasteiger partial charge < -0.3 is 14.2 Å². The summed E-state index contributed by atoms with van der Waals surface area (Å²) in [6, 6.07) is 0. The van der Waals surface area contributed by atoms with Gasteiger partial charge in [-0.2, -0.15) is 0 Å². The number of methoxy groups -OCH3 is 1. The predicted molar refractivity (Wildman–Crippen MR) is 62.5 cm³/mol. The van der Waals surface area contributed by atoms with Gasteiger partial charge in [-0.3, -0.25) is 4.79 Å². The molecule has 98 valence electrons. The van der Waals surface area contributed by atoms with Crippen molar-refractivity contribution >= 4 is 5.97 Å². The molecule has 1 heterocycles. The van der Waals surface area contributed by atoms with E-state index in [-0.39, 0.29) is 17.7 Å². The van der Waals surface area contributed by atoms with Crippen LogP contribution in [0.2, 0.25) is 0 Å². The van der Waals surface area contributed by atoms with Gasteiger partial charge in [0.2, 0.25) is 0 Å². The molecule has 2 fully saturated rings. The summed E-state index contributed by atoms with van der Waals surface area (Å²) in [5, 5.41) is 0. The van der Waals surface area contributed by atoms with E-state index in [1.54, 1.807) is 0 Å². The first kappa shape index (κ1) is 12.8. The van der Waals surface area contributed by atoms with Gasteiger partial charge in [0.15, 0.2) is 5.79 Å². The maximum absolute atomic E-state index is 11.6. The van der Waals surface area contributed by atoms with Gasteiger partial charge in [-0.1, -0.05) is 6.42 Å². The molecular formula is C13H22O4. The molecule has 4 nitrogen and oxygen atoms in total. The maximum Gasteiger partial charge on any atom is 0.308 e. The van der Waals surface area contributed by atoms with Crippen molar-refractivity contribution in [2.45, 2.75) is 50.7 Å². The number of carbonyl (C=O) groups is 1. The van der Waals surface area contributed by atoms with Crippen LogP contribution in [0, 0.1) is 5.92 Å². The van der Waals surface area contributed by atoms with Crippen LogP contribution < -0.4 is 0 Å². The topological polar surface area (TPSA) is 44.8 Å². The first-order valence-corrected chi connectivity index (χ1v) is 6.61. The summed E-state index contributed by atoms with van der Waals surface area (Å²) in [6.45, 7) is 1.42. The molecule has 0 bridgehead atoms. The first-order valence-electron chi connectivity index (χ1n) is 6.61. The first-order chi connectivity index (χ1) is 8.26. The summed E-state index contributed by atoms with van der Waals surface area (Å²) >= 11 is 0. The van der Waals surface area contributed by atoms with E-state index in [9.17, 15) is 4.79 Å². The van der Waals surface area contributed by atoms with Crippen LogP contribution in [0.5, 0.6) is 0 Å². The van der Waals surface area contributed by atoms with Gasteiger partial charge in [0.05, 0.1) is 26.2 Å². The highest BCUT2D eigenvalue weighted by Crippen LogP contribution is 2.34. The van der Waals surface area contributed by atoms with Gasteiger partial charge in [-0.15, -0.1) is 0 Å². The fraction of sp³-hybridized carbons (Fsp3) is 0.923. The van der Waals surface area contributed by atoms with Crippen molar-refractivity contribution in [1.82, 2.24) is 0 Å². The summed E-state index contributed by atoms with van der Waals surface area (Å²) < 4.78 is 16.4. The molecule has 1 aliphatic carbocycles. The van der Waals surface area contributed by atoms with E-state index in [4.69, 9.17) is 14.2 Å². The molecule has 1 saturated heterocycles. The quantitative estimate of drug-likeness (QED) is 0.662. The molecule has 1 saturated carbocycles. The Bertz CT molecular complexity index is 258. The lowest BCUT2D eigenvalue weighted by Gasteiger charge is -2.26. The van der Waals surface area contributed by atoms with E-state index in [0.29, 0.717) is 13.2 Å². The van der Waals surface area contributed by atoms with Gasteiger partial charge in [-0.05, 0) is 25.7 Å². The number of rotatable bonds is 1. The number of hydrogen-bond acceptors (Lipinski definition) is 4. The molecule has 0 amide bonds. The Morgan fingerprint density at radius 1 is 1.12 bits per heavy atom. The minimum Gasteiger partial charge on any atom is -0.469 e. The molecule has 1 atom stereocenters. The van der Waals surface area contributed by atoms with Crippen molar-refractivity contribution in [3.63, 3.8) is 0 Å². The van der Waals surface area contributed by atoms with Crippen LogP contribution in [-0.4, -0.2) is 32.1 Å². The Labute approximate surface area is 103 Å². The standard InChI is InChI=1S/C13H22O4/c1-15-12(14)11-5-2-3-7-13(8-4-6-11)16-9-10-17-13/h11H,2-10H2,1H3. The molecule has 1 unspecified atom stereocenters. The van der Waals surface area contributed by atoms with Gasteiger partial charge in [0.25, 0.3) is 0 Å². The molecule has 17 heavy (non-hydrogen) atoms. The highest BCUT2D eigenvalue weighted by molar-refractivity contribution is 5.72. The fourth-order valence-electron chi connectivity index (χ4n) is 2.86. The molecule has 0 aromatic rings. The van der Waals surface area contributed by atoms with Crippen molar-refractivity contribution in [3.05, 3.63) is 0 Å². The summed E-state index contributed by atoms with van der Waals surface area (Å²) in [7, 11) is 1.47. The summed E-state index contributed by atoms with van der Waals surface area (Å²) in [5.41, 5.74) is 0. The minimum atomic E-state index is -0.342. The van der Waals surface area contributed by atoms with E-state index in [2.05, 4.69) is 0 Å². The lowest BCUT2D eigenvalue weighted by molar-refractivity contribution is -0.168. The molecule has 0 radical (unpaired) electrons. The van der Waals surface area contributed by atoms with E-state index in [1.807, 2.05) is 0 Å². The summed E-state index contributed by atoms with van der Waals surface area (Å²) in [6.07, 6.45) is 6.77. The zero-order valence-electron chi connectivity index (χ0n) is 10.6. The number of ether oxygens (including phenoxy) is 3. The van der Waals surface area contributed by atoms with Crippen molar-refractivity contribution < 1.29 is 19.0 Å². The van der Waals surface area contributed by atoms with Crippen LogP contribution in [-0.2, 0) is 19.0 Å². The van der Waals surface area contributed by atoms with Crippen molar-refractivity contribution in [2.24, 2.45) is 5.92 Å². The van der Waals surface area contributed by atoms with Crippen molar-refractivity contribution in [3.8, 4) is 0 Å². The van der Waals surface area contributed by atoms with E-state index in [0.717, 1.165) is 44.9 Å². The van der Waals surface area contributed by atoms with E-state index in [1.165, 1.54) is 7.11 Å². The second-order valence-electron chi connectivity index (χ2n) is 4.97. The van der Waals surface area contributed by atoms with Crippen LogP contribution in [0.15, 0.2) is 0 Å². The van der Waals surface area contributed by atoms with Crippen LogP contribution in [0.4, 0.5) is 0 Å². The van der Waals surface area contributed by atoms with Gasteiger partial charge in [0.1, 0.15) is 0 Å². The molecule has 2 aliphatic rings. The summed E-state index contributed by atoms with van der Waals surface area (Å²) in [4.78, 5) is 11.6. The molecule has 1 aliphatic heterocycles. The smallest absolute Gasteiger partial charge is 0.308 e. The molecular weight excluding hydrogens is 220 g/mol. The third kappa shape index (κ3) is 3.19. The van der Waals surface area contributed by atoms with E-state index < -0.39 is 0 Å². The Morgan fingerprint density at radius 2 is 1.76 bits per heavy atom. The van der Waals surface area contributed by atoms with Crippen LogP contribution >= 0.6 is 0 Å². The van der Waals surface area contributed by atoms with Gasteiger partial charge in [-0.25, -0.2) is 0 Å². The highest BCUT2D eigenvalue weighted by Gasteiger charge is 2.36. The minimum absolute atomic E-state index is 0.0609. The highest BCUT2D eigenvalue weighted by atomic mass is 16.7. The second-order valence-corrected chi connectivity index (χ2v) is 4.97. The van der Waals surface area contributed by atoms with Crippen LogP contribution in [0.25, 0.3) is 0 Å². The van der Waals surface area contributed by atoms with Gasteiger partial charge >= 0.3 is 5.97 Å². The summed E-state index contributed by atoms with van der Waals surface area (Å²) in [5.74, 6) is -0.337. The Morgan fingerprint density at radius 3 is 2.47 bits per heavy atom. The normalized spacial score (nSPS) is 29.4. The zero-order valence-corrected chi connectivity index (χ0v) is 10.6. The zero-order chi connectivity index (χ0) is 12.1. The third-order valence-electron chi connectivity index (χ3n) is 3.82. The number of carbonyl (C=O) groups excluding carboxylic acids is 1. The van der Waals surface area contributed by atoms with Crippen molar-refractivity contribution in [2.75, 3.05) is 20.3 Å². The lowest BCUT2D eigenvalue weighted by Crippen LogP contribution is -2.29. The average molecular weight is 242 g/mol. The third-order valence-corrected chi connectivity index (χ3v) is 3.82. The SMILES string of the molecule is COC(=O)C1CCCCC2(CCC1)OCCO2. The van der Waals surface area contributed by atoms with Gasteiger partial charge in [0, 0.05) is 12.8 Å². The Hall–Kier alpha value is -0.610. The molecule has 0 aromatic carbocycles. The van der Waals surface area contributed by atoms with Crippen LogP contribution in [0.3, 0.4) is 0 Å². The largest absolute Gasteiger partial charge is 0.469 e. The molecule has 0 N–H and O–H groups in total. The average Bonchev–Trinajstić information content (AvgIpc) is 2.83. The number of esters is 1. The lowest BCUT2D eigenvalue weighted by atomic mass is 9.97. The monoisotopic (exact) mass is 242 g/mol. The fourth-order valence-corrected chi connectivity index (χ4v) is 2.86. The molecule has 4 heteroatoms. The Balaban J connectivity index is 1.91. The predicted octanol–water partition coefficient (Wildman–Crippen LogP) is 2.26. The van der Waals surface area contributed by atoms with E-state index >= 15 is 0 Å². The maximum atomic E-state index is 11.6. The van der Waals surface area contributed by atoms with Crippen LogP contribution in [0.1, 0.15) is 44.9 Å².